The second-order valence-electron chi connectivity index (χ2n) is 4.36. The van der Waals surface area contributed by atoms with E-state index in [1.165, 1.54) is 12.0 Å². The Bertz CT molecular complexity index is 458. The molecule has 0 N–H and O–H groups in total. The summed E-state index contributed by atoms with van der Waals surface area (Å²) in [5.41, 5.74) is 0.640. The molecule has 108 valence electrons. The van der Waals surface area contributed by atoms with Crippen molar-refractivity contribution in [3.05, 3.63) is 30.3 Å². The number of unbranched alkanes of at least 4 members (excludes halogenated alkanes) is 1. The number of ether oxygens (including phenoxy) is 1. The third-order valence-electron chi connectivity index (χ3n) is 2.95. The monoisotopic (exact) mass is 277 g/mol. The lowest BCUT2D eigenvalue weighted by molar-refractivity contribution is -0.143. The van der Waals surface area contributed by atoms with Crippen molar-refractivity contribution in [2.24, 2.45) is 0 Å². The van der Waals surface area contributed by atoms with E-state index >= 15 is 0 Å². The molecule has 0 bridgehead atoms. The number of esters is 1. The van der Waals surface area contributed by atoms with E-state index in [1.807, 2.05) is 6.07 Å². The zero-order valence-electron chi connectivity index (χ0n) is 11.7. The summed E-state index contributed by atoms with van der Waals surface area (Å²) < 4.78 is 4.70. The molecule has 1 rings (SSSR count). The maximum Gasteiger partial charge on any atom is 0.328 e. The molecule has 0 saturated carbocycles. The summed E-state index contributed by atoms with van der Waals surface area (Å²) in [5.74, 6) is -0.673. The standard InChI is InChI=1S/C15H19NO4/c1-12(15(19)20-2)16(13-8-4-3-5-9-13)14(18)10-6-7-11-17/h3-5,8-9,11-12H,6-7,10H2,1-2H3. The lowest BCUT2D eigenvalue weighted by Gasteiger charge is -2.27. The van der Waals surface area contributed by atoms with Crippen molar-refractivity contribution in [3.8, 4) is 0 Å². The minimum atomic E-state index is -0.703. The van der Waals surface area contributed by atoms with Crippen molar-refractivity contribution < 1.29 is 19.1 Å². The first-order chi connectivity index (χ1) is 9.61. The van der Waals surface area contributed by atoms with Gasteiger partial charge in [0.1, 0.15) is 12.3 Å². The van der Waals surface area contributed by atoms with E-state index in [1.54, 1.807) is 31.2 Å². The fourth-order valence-electron chi connectivity index (χ4n) is 1.91. The molecule has 20 heavy (non-hydrogen) atoms. The Morgan fingerprint density at radius 2 is 1.95 bits per heavy atom. The van der Waals surface area contributed by atoms with Crippen LogP contribution in [0.4, 0.5) is 5.69 Å². The molecule has 0 aromatic heterocycles. The zero-order chi connectivity index (χ0) is 15.0. The van der Waals surface area contributed by atoms with Crippen LogP contribution in [0, 0.1) is 0 Å². The van der Waals surface area contributed by atoms with E-state index in [9.17, 15) is 14.4 Å². The van der Waals surface area contributed by atoms with Gasteiger partial charge in [0, 0.05) is 18.5 Å². The molecule has 0 spiro atoms. The van der Waals surface area contributed by atoms with Crippen LogP contribution < -0.4 is 4.90 Å². The molecule has 1 atom stereocenters. The summed E-state index contributed by atoms with van der Waals surface area (Å²) in [6.07, 6.45) is 1.80. The van der Waals surface area contributed by atoms with Gasteiger partial charge in [0.25, 0.3) is 0 Å². The molecule has 0 saturated heterocycles. The van der Waals surface area contributed by atoms with E-state index in [-0.39, 0.29) is 12.3 Å². The van der Waals surface area contributed by atoms with Crippen molar-refractivity contribution in [1.29, 1.82) is 0 Å². The van der Waals surface area contributed by atoms with Crippen molar-refractivity contribution in [2.45, 2.75) is 32.2 Å². The number of benzene rings is 1. The van der Waals surface area contributed by atoms with Crippen LogP contribution in [-0.2, 0) is 19.1 Å². The first-order valence-corrected chi connectivity index (χ1v) is 6.50. The first-order valence-electron chi connectivity index (χ1n) is 6.50. The van der Waals surface area contributed by atoms with E-state index in [0.717, 1.165) is 6.29 Å². The number of amides is 1. The van der Waals surface area contributed by atoms with Gasteiger partial charge in [0.15, 0.2) is 0 Å². The number of methoxy groups -OCH3 is 1. The summed E-state index contributed by atoms with van der Waals surface area (Å²) in [5, 5.41) is 0. The van der Waals surface area contributed by atoms with Crippen LogP contribution in [0.2, 0.25) is 0 Å². The molecule has 1 amide bonds. The molecule has 0 aliphatic heterocycles. The molecule has 0 heterocycles. The van der Waals surface area contributed by atoms with Crippen LogP contribution in [0.15, 0.2) is 30.3 Å². The number of anilines is 1. The third-order valence-corrected chi connectivity index (χ3v) is 2.95. The normalized spacial score (nSPS) is 11.5. The number of rotatable bonds is 7. The number of aldehydes is 1. The van der Waals surface area contributed by atoms with Gasteiger partial charge in [-0.25, -0.2) is 4.79 Å². The number of para-hydroxylation sites is 1. The summed E-state index contributed by atoms with van der Waals surface area (Å²) in [7, 11) is 1.29. The van der Waals surface area contributed by atoms with Gasteiger partial charge in [-0.05, 0) is 25.5 Å². The largest absolute Gasteiger partial charge is 0.467 e. The topological polar surface area (TPSA) is 63.7 Å². The third kappa shape index (κ3) is 4.19. The van der Waals surface area contributed by atoms with Crippen molar-refractivity contribution in [2.75, 3.05) is 12.0 Å². The van der Waals surface area contributed by atoms with Gasteiger partial charge in [-0.3, -0.25) is 9.69 Å². The lowest BCUT2D eigenvalue weighted by Crippen LogP contribution is -2.44. The molecule has 5 heteroatoms. The maximum atomic E-state index is 12.3. The van der Waals surface area contributed by atoms with E-state index in [4.69, 9.17) is 4.74 Å². The van der Waals surface area contributed by atoms with Crippen molar-refractivity contribution in [3.63, 3.8) is 0 Å². The second-order valence-corrected chi connectivity index (χ2v) is 4.36. The van der Waals surface area contributed by atoms with Crippen LogP contribution in [0.3, 0.4) is 0 Å². The Kier molecular flexibility index (Phi) is 6.43. The first kappa shape index (κ1) is 15.9. The summed E-state index contributed by atoms with van der Waals surface area (Å²) >= 11 is 0. The van der Waals surface area contributed by atoms with E-state index in [0.29, 0.717) is 18.5 Å². The average Bonchev–Trinajstić information content (AvgIpc) is 2.48. The highest BCUT2D eigenvalue weighted by molar-refractivity contribution is 5.99. The van der Waals surface area contributed by atoms with Gasteiger partial charge >= 0.3 is 5.97 Å². The highest BCUT2D eigenvalue weighted by Gasteiger charge is 2.27. The van der Waals surface area contributed by atoms with Gasteiger partial charge in [0.2, 0.25) is 5.91 Å². The molecule has 5 nitrogen and oxygen atoms in total. The maximum absolute atomic E-state index is 12.3. The molecule has 0 aliphatic rings. The Labute approximate surface area is 118 Å². The molecule has 0 radical (unpaired) electrons. The Morgan fingerprint density at radius 1 is 1.30 bits per heavy atom. The molecule has 1 aromatic carbocycles. The molecule has 1 unspecified atom stereocenters. The number of nitrogens with zero attached hydrogens (tertiary/aromatic N) is 1. The zero-order valence-corrected chi connectivity index (χ0v) is 11.7. The van der Waals surface area contributed by atoms with Crippen molar-refractivity contribution in [1.82, 2.24) is 0 Å². The van der Waals surface area contributed by atoms with Crippen LogP contribution in [0.25, 0.3) is 0 Å². The van der Waals surface area contributed by atoms with Crippen molar-refractivity contribution >= 4 is 23.9 Å². The predicted molar refractivity (Wildman–Crippen MR) is 75.3 cm³/mol. The summed E-state index contributed by atoms with van der Waals surface area (Å²) in [4.78, 5) is 35.7. The smallest absolute Gasteiger partial charge is 0.328 e. The van der Waals surface area contributed by atoms with Gasteiger partial charge in [0.05, 0.1) is 7.11 Å². The second kappa shape index (κ2) is 8.09. The highest BCUT2D eigenvalue weighted by atomic mass is 16.5. The van der Waals surface area contributed by atoms with Crippen LogP contribution >= 0.6 is 0 Å². The molecule has 0 aliphatic carbocycles. The predicted octanol–water partition coefficient (Wildman–Crippen LogP) is 1.95. The lowest BCUT2D eigenvalue weighted by atomic mass is 10.1. The Balaban J connectivity index is 2.92. The molecular formula is C15H19NO4. The fraction of sp³-hybridized carbons (Fsp3) is 0.400. The number of carbonyl (C=O) groups is 3. The SMILES string of the molecule is COC(=O)C(C)N(C(=O)CCCC=O)c1ccccc1. The fourth-order valence-corrected chi connectivity index (χ4v) is 1.91. The average molecular weight is 277 g/mol. The van der Waals surface area contributed by atoms with Crippen LogP contribution in [0.5, 0.6) is 0 Å². The Morgan fingerprint density at radius 3 is 2.50 bits per heavy atom. The number of hydrogen-bond acceptors (Lipinski definition) is 4. The van der Waals surface area contributed by atoms with Gasteiger partial charge < -0.3 is 9.53 Å². The van der Waals surface area contributed by atoms with Gasteiger partial charge in [-0.2, -0.15) is 0 Å². The highest BCUT2D eigenvalue weighted by Crippen LogP contribution is 2.19. The Hall–Kier alpha value is -2.17. The van der Waals surface area contributed by atoms with Gasteiger partial charge in [-0.15, -0.1) is 0 Å². The quantitative estimate of drug-likeness (QED) is 0.434. The van der Waals surface area contributed by atoms with E-state index < -0.39 is 12.0 Å². The number of hydrogen-bond donors (Lipinski definition) is 0. The summed E-state index contributed by atoms with van der Waals surface area (Å²) in [6.45, 7) is 1.62. The minimum Gasteiger partial charge on any atom is -0.467 e. The number of carbonyl (C=O) groups excluding carboxylic acids is 3. The summed E-state index contributed by atoms with van der Waals surface area (Å²) in [6, 6.07) is 8.25. The minimum absolute atomic E-state index is 0.198. The van der Waals surface area contributed by atoms with Gasteiger partial charge in [-0.1, -0.05) is 18.2 Å². The molecular weight excluding hydrogens is 258 g/mol. The van der Waals surface area contributed by atoms with Crippen LogP contribution in [0.1, 0.15) is 26.2 Å². The molecule has 1 aromatic rings. The van der Waals surface area contributed by atoms with E-state index in [2.05, 4.69) is 0 Å². The molecule has 0 fully saturated rings. The van der Waals surface area contributed by atoms with Crippen LogP contribution in [-0.4, -0.2) is 31.3 Å².